The summed E-state index contributed by atoms with van der Waals surface area (Å²) in [6.45, 7) is -0.494. The van der Waals surface area contributed by atoms with E-state index in [1.165, 1.54) is 12.1 Å². The minimum Gasteiger partial charge on any atom is -0.481 e. The Morgan fingerprint density at radius 3 is 2.40 bits per heavy atom. The SMILES string of the molecule is O=C(COc1c(Cl)cc(Cl)cc1Br)Nc1cc(C(F)(F)F)ccc1Cl. The maximum absolute atomic E-state index is 12.7. The zero-order valence-electron chi connectivity index (χ0n) is 12.1. The Bertz CT molecular complexity index is 792. The van der Waals surface area contributed by atoms with Crippen LogP contribution in [0.25, 0.3) is 0 Å². The van der Waals surface area contributed by atoms with Crippen molar-refractivity contribution in [2.75, 3.05) is 11.9 Å². The molecule has 0 aliphatic rings. The molecule has 2 aromatic rings. The molecule has 0 heterocycles. The van der Waals surface area contributed by atoms with Gasteiger partial charge in [0.05, 0.1) is 25.8 Å². The Labute approximate surface area is 164 Å². The number of ether oxygens (including phenoxy) is 1. The maximum atomic E-state index is 12.7. The van der Waals surface area contributed by atoms with Crippen LogP contribution in [0.2, 0.25) is 15.1 Å². The summed E-state index contributed by atoms with van der Waals surface area (Å²) in [7, 11) is 0. The molecular weight excluding hydrogens is 469 g/mol. The minimum atomic E-state index is -4.55. The summed E-state index contributed by atoms with van der Waals surface area (Å²) in [4.78, 5) is 11.9. The van der Waals surface area contributed by atoms with Crippen LogP contribution in [0.5, 0.6) is 5.75 Å². The van der Waals surface area contributed by atoms with E-state index in [1.807, 2.05) is 0 Å². The molecular formula is C15H8BrCl3F3NO2. The average Bonchev–Trinajstić information content (AvgIpc) is 2.47. The molecule has 0 fully saturated rings. The van der Waals surface area contributed by atoms with Gasteiger partial charge in [0.2, 0.25) is 0 Å². The monoisotopic (exact) mass is 475 g/mol. The standard InChI is InChI=1S/C15H8BrCl3F3NO2/c16-9-4-8(17)5-11(19)14(9)25-6-13(24)23-12-3-7(15(20,21)22)1-2-10(12)18/h1-5H,6H2,(H,23,24). The number of benzene rings is 2. The topological polar surface area (TPSA) is 38.3 Å². The smallest absolute Gasteiger partial charge is 0.416 e. The van der Waals surface area contributed by atoms with Crippen molar-refractivity contribution in [2.45, 2.75) is 6.18 Å². The van der Waals surface area contributed by atoms with Gasteiger partial charge in [0.1, 0.15) is 0 Å². The third kappa shape index (κ3) is 5.41. The predicted molar refractivity (Wildman–Crippen MR) is 94.7 cm³/mol. The largest absolute Gasteiger partial charge is 0.481 e. The lowest BCUT2D eigenvalue weighted by Gasteiger charge is -2.13. The number of halogens is 7. The molecule has 2 aromatic carbocycles. The zero-order valence-corrected chi connectivity index (χ0v) is 15.9. The van der Waals surface area contributed by atoms with E-state index in [0.29, 0.717) is 9.50 Å². The van der Waals surface area contributed by atoms with Crippen LogP contribution in [0.3, 0.4) is 0 Å². The first-order valence-corrected chi connectivity index (χ1v) is 8.44. The number of rotatable bonds is 4. The van der Waals surface area contributed by atoms with Crippen LogP contribution in [0.1, 0.15) is 5.56 Å². The highest BCUT2D eigenvalue weighted by Gasteiger charge is 2.31. The molecule has 0 aromatic heterocycles. The summed E-state index contributed by atoms with van der Waals surface area (Å²) in [5.74, 6) is -0.532. The molecule has 1 amide bonds. The molecule has 0 saturated carbocycles. The van der Waals surface area contributed by atoms with Crippen LogP contribution < -0.4 is 10.1 Å². The molecule has 0 unspecified atom stereocenters. The number of carbonyl (C=O) groups excluding carboxylic acids is 1. The number of nitrogens with one attached hydrogen (secondary N) is 1. The van der Waals surface area contributed by atoms with Gasteiger partial charge < -0.3 is 10.1 Å². The molecule has 0 atom stereocenters. The first kappa shape index (κ1) is 20.2. The van der Waals surface area contributed by atoms with Gasteiger partial charge in [-0.05, 0) is 46.3 Å². The zero-order chi connectivity index (χ0) is 18.8. The van der Waals surface area contributed by atoms with Crippen LogP contribution in [0, 0.1) is 0 Å². The molecule has 0 aliphatic heterocycles. The summed E-state index contributed by atoms with van der Waals surface area (Å²) in [5, 5.41) is 2.76. The van der Waals surface area contributed by atoms with Gasteiger partial charge in [-0.25, -0.2) is 0 Å². The van der Waals surface area contributed by atoms with E-state index in [-0.39, 0.29) is 21.5 Å². The highest BCUT2D eigenvalue weighted by Crippen LogP contribution is 2.36. The fourth-order valence-electron chi connectivity index (χ4n) is 1.79. The number of hydrogen-bond acceptors (Lipinski definition) is 2. The van der Waals surface area contributed by atoms with Crippen LogP contribution >= 0.6 is 50.7 Å². The first-order valence-electron chi connectivity index (χ1n) is 6.52. The van der Waals surface area contributed by atoms with Crippen molar-refractivity contribution >= 4 is 62.3 Å². The third-order valence-corrected chi connectivity index (χ3v) is 4.30. The van der Waals surface area contributed by atoms with Crippen LogP contribution in [-0.4, -0.2) is 12.5 Å². The number of hydrogen-bond donors (Lipinski definition) is 1. The van der Waals surface area contributed by atoms with Crippen molar-refractivity contribution in [1.29, 1.82) is 0 Å². The maximum Gasteiger partial charge on any atom is 0.416 e. The fourth-order valence-corrected chi connectivity index (χ4v) is 3.32. The molecule has 0 saturated heterocycles. The quantitative estimate of drug-likeness (QED) is 0.550. The van der Waals surface area contributed by atoms with Crippen LogP contribution in [-0.2, 0) is 11.0 Å². The summed E-state index contributed by atoms with van der Waals surface area (Å²) < 4.78 is 43.9. The van der Waals surface area contributed by atoms with E-state index in [0.717, 1.165) is 18.2 Å². The molecule has 0 spiro atoms. The van der Waals surface area contributed by atoms with E-state index in [4.69, 9.17) is 39.5 Å². The van der Waals surface area contributed by atoms with Crippen molar-refractivity contribution in [3.8, 4) is 5.75 Å². The fraction of sp³-hybridized carbons (Fsp3) is 0.133. The van der Waals surface area contributed by atoms with Gasteiger partial charge in [-0.2, -0.15) is 13.2 Å². The van der Waals surface area contributed by atoms with Gasteiger partial charge in [-0.1, -0.05) is 34.8 Å². The summed E-state index contributed by atoms with van der Waals surface area (Å²) in [6.07, 6.45) is -4.55. The molecule has 10 heteroatoms. The molecule has 2 rings (SSSR count). The van der Waals surface area contributed by atoms with E-state index >= 15 is 0 Å². The number of amides is 1. The molecule has 3 nitrogen and oxygen atoms in total. The molecule has 0 bridgehead atoms. The van der Waals surface area contributed by atoms with Crippen LogP contribution in [0.4, 0.5) is 18.9 Å². The molecule has 1 N–H and O–H groups in total. The first-order chi connectivity index (χ1) is 11.6. The van der Waals surface area contributed by atoms with Crippen molar-refractivity contribution in [3.05, 3.63) is 55.4 Å². The van der Waals surface area contributed by atoms with Gasteiger partial charge in [0, 0.05) is 5.02 Å². The van der Waals surface area contributed by atoms with Crippen molar-refractivity contribution in [1.82, 2.24) is 0 Å². The summed E-state index contributed by atoms with van der Waals surface area (Å²) >= 11 is 20.8. The number of alkyl halides is 3. The molecule has 134 valence electrons. The van der Waals surface area contributed by atoms with Crippen molar-refractivity contribution < 1.29 is 22.7 Å². The van der Waals surface area contributed by atoms with Gasteiger partial charge >= 0.3 is 6.18 Å². The predicted octanol–water partition coefficient (Wildman–Crippen LogP) is 6.45. The third-order valence-electron chi connectivity index (χ3n) is 2.88. The minimum absolute atomic E-state index is 0.0351. The lowest BCUT2D eigenvalue weighted by atomic mass is 10.2. The second-order valence-electron chi connectivity index (χ2n) is 4.73. The molecule has 0 radical (unpaired) electrons. The van der Waals surface area contributed by atoms with E-state index in [2.05, 4.69) is 21.2 Å². The highest BCUT2D eigenvalue weighted by molar-refractivity contribution is 9.10. The Kier molecular flexibility index (Phi) is 6.48. The Morgan fingerprint density at radius 2 is 1.80 bits per heavy atom. The summed E-state index contributed by atoms with van der Waals surface area (Å²) in [6, 6.07) is 5.55. The number of anilines is 1. The second kappa shape index (κ2) is 8.03. The Balaban J connectivity index is 2.09. The van der Waals surface area contributed by atoms with E-state index in [1.54, 1.807) is 0 Å². The van der Waals surface area contributed by atoms with Gasteiger partial charge in [-0.15, -0.1) is 0 Å². The average molecular weight is 477 g/mol. The molecule has 0 aliphatic carbocycles. The second-order valence-corrected chi connectivity index (χ2v) is 6.83. The Hall–Kier alpha value is -1.15. The lowest BCUT2D eigenvalue weighted by molar-refractivity contribution is -0.137. The van der Waals surface area contributed by atoms with Gasteiger partial charge in [0.15, 0.2) is 12.4 Å². The van der Waals surface area contributed by atoms with Crippen molar-refractivity contribution in [2.24, 2.45) is 0 Å². The normalized spacial score (nSPS) is 11.3. The Morgan fingerprint density at radius 1 is 1.12 bits per heavy atom. The number of carbonyl (C=O) groups is 1. The van der Waals surface area contributed by atoms with E-state index < -0.39 is 24.3 Å². The van der Waals surface area contributed by atoms with Gasteiger partial charge in [-0.3, -0.25) is 4.79 Å². The van der Waals surface area contributed by atoms with Crippen molar-refractivity contribution in [3.63, 3.8) is 0 Å². The van der Waals surface area contributed by atoms with Gasteiger partial charge in [0.25, 0.3) is 5.91 Å². The van der Waals surface area contributed by atoms with Crippen LogP contribution in [0.15, 0.2) is 34.8 Å². The highest BCUT2D eigenvalue weighted by atomic mass is 79.9. The summed E-state index contributed by atoms with van der Waals surface area (Å²) in [5.41, 5.74) is -1.11. The lowest BCUT2D eigenvalue weighted by Crippen LogP contribution is -2.21. The van der Waals surface area contributed by atoms with E-state index in [9.17, 15) is 18.0 Å². The molecule has 25 heavy (non-hydrogen) atoms.